The standard InChI is InChI=1S/C10H13ClOS/c1-8(6-11)13-7-9-3-2-4-10(12)5-9/h2-5,8,12H,6-7H2,1H3. The van der Waals surface area contributed by atoms with E-state index in [4.69, 9.17) is 11.6 Å². The van der Waals surface area contributed by atoms with Gasteiger partial charge in [0.15, 0.2) is 0 Å². The van der Waals surface area contributed by atoms with Crippen LogP contribution in [0.1, 0.15) is 12.5 Å². The van der Waals surface area contributed by atoms with Crippen LogP contribution < -0.4 is 0 Å². The van der Waals surface area contributed by atoms with E-state index in [1.807, 2.05) is 12.1 Å². The number of aromatic hydroxyl groups is 1. The average Bonchev–Trinajstić information content (AvgIpc) is 2.14. The van der Waals surface area contributed by atoms with Crippen LogP contribution in [0.4, 0.5) is 0 Å². The lowest BCUT2D eigenvalue weighted by molar-refractivity contribution is 0.475. The van der Waals surface area contributed by atoms with Crippen molar-refractivity contribution in [3.8, 4) is 5.75 Å². The summed E-state index contributed by atoms with van der Waals surface area (Å²) in [4.78, 5) is 0. The van der Waals surface area contributed by atoms with Crippen LogP contribution in [0, 0.1) is 0 Å². The van der Waals surface area contributed by atoms with Crippen molar-refractivity contribution in [1.82, 2.24) is 0 Å². The van der Waals surface area contributed by atoms with Gasteiger partial charge in [-0.05, 0) is 17.7 Å². The summed E-state index contributed by atoms with van der Waals surface area (Å²) in [6.45, 7) is 2.10. The summed E-state index contributed by atoms with van der Waals surface area (Å²) in [5, 5.41) is 9.66. The Kier molecular flexibility index (Phi) is 4.46. The van der Waals surface area contributed by atoms with E-state index in [-0.39, 0.29) is 0 Å². The summed E-state index contributed by atoms with van der Waals surface area (Å²) in [5.74, 6) is 1.91. The van der Waals surface area contributed by atoms with E-state index < -0.39 is 0 Å². The number of hydrogen-bond donors (Lipinski definition) is 1. The van der Waals surface area contributed by atoms with Crippen molar-refractivity contribution >= 4 is 23.4 Å². The molecule has 1 atom stereocenters. The van der Waals surface area contributed by atoms with E-state index in [0.717, 1.165) is 11.3 Å². The highest BCUT2D eigenvalue weighted by atomic mass is 35.5. The monoisotopic (exact) mass is 216 g/mol. The molecule has 0 aliphatic rings. The molecule has 0 aliphatic carbocycles. The topological polar surface area (TPSA) is 20.2 Å². The van der Waals surface area contributed by atoms with E-state index in [0.29, 0.717) is 16.9 Å². The minimum atomic E-state index is 0.330. The minimum Gasteiger partial charge on any atom is -0.508 e. The summed E-state index contributed by atoms with van der Waals surface area (Å²) in [6, 6.07) is 7.33. The van der Waals surface area contributed by atoms with Crippen molar-refractivity contribution in [2.75, 3.05) is 5.88 Å². The molecule has 13 heavy (non-hydrogen) atoms. The second-order valence-corrected chi connectivity index (χ2v) is 4.68. The Morgan fingerprint density at radius 2 is 2.31 bits per heavy atom. The first-order valence-electron chi connectivity index (χ1n) is 4.18. The van der Waals surface area contributed by atoms with Crippen LogP contribution >= 0.6 is 23.4 Å². The third-order valence-corrected chi connectivity index (χ3v) is 3.54. The molecule has 3 heteroatoms. The van der Waals surface area contributed by atoms with Gasteiger partial charge in [0.1, 0.15) is 5.75 Å². The minimum absolute atomic E-state index is 0.330. The predicted octanol–water partition coefficient (Wildman–Crippen LogP) is 3.25. The van der Waals surface area contributed by atoms with E-state index in [1.165, 1.54) is 0 Å². The second kappa shape index (κ2) is 5.40. The number of phenolic OH excluding ortho intramolecular Hbond substituents is 1. The fourth-order valence-electron chi connectivity index (χ4n) is 0.929. The number of halogens is 1. The molecule has 0 radical (unpaired) electrons. The first-order chi connectivity index (χ1) is 6.22. The summed E-state index contributed by atoms with van der Waals surface area (Å²) >= 11 is 7.47. The zero-order chi connectivity index (χ0) is 9.68. The molecule has 0 spiro atoms. The molecular formula is C10H13ClOS. The first-order valence-corrected chi connectivity index (χ1v) is 5.76. The van der Waals surface area contributed by atoms with Gasteiger partial charge in [-0.1, -0.05) is 19.1 Å². The highest BCUT2D eigenvalue weighted by Crippen LogP contribution is 2.20. The van der Waals surface area contributed by atoms with E-state index in [2.05, 4.69) is 6.92 Å². The molecule has 1 N–H and O–H groups in total. The number of thioether (sulfide) groups is 1. The maximum atomic E-state index is 9.20. The van der Waals surface area contributed by atoms with Gasteiger partial charge in [-0.25, -0.2) is 0 Å². The van der Waals surface area contributed by atoms with Gasteiger partial charge < -0.3 is 5.11 Å². The van der Waals surface area contributed by atoms with Gasteiger partial charge in [-0.3, -0.25) is 0 Å². The summed E-state index contributed by atoms with van der Waals surface area (Å²) < 4.78 is 0. The quantitative estimate of drug-likeness (QED) is 0.780. The summed E-state index contributed by atoms with van der Waals surface area (Å²) in [7, 11) is 0. The molecule has 1 aromatic carbocycles. The molecule has 1 rings (SSSR count). The molecule has 72 valence electrons. The molecule has 0 fully saturated rings. The SMILES string of the molecule is CC(CCl)SCc1cccc(O)c1. The van der Waals surface area contributed by atoms with Crippen molar-refractivity contribution in [3.05, 3.63) is 29.8 Å². The molecule has 0 saturated carbocycles. The van der Waals surface area contributed by atoms with Gasteiger partial charge >= 0.3 is 0 Å². The molecular weight excluding hydrogens is 204 g/mol. The zero-order valence-electron chi connectivity index (χ0n) is 7.53. The predicted molar refractivity (Wildman–Crippen MR) is 59.6 cm³/mol. The van der Waals surface area contributed by atoms with Crippen LogP contribution in [0.3, 0.4) is 0 Å². The van der Waals surface area contributed by atoms with E-state index in [9.17, 15) is 5.11 Å². The number of benzene rings is 1. The second-order valence-electron chi connectivity index (χ2n) is 2.95. The Morgan fingerprint density at radius 1 is 1.54 bits per heavy atom. The molecule has 0 heterocycles. The zero-order valence-corrected chi connectivity index (χ0v) is 9.11. The molecule has 1 nitrogen and oxygen atoms in total. The highest BCUT2D eigenvalue weighted by Gasteiger charge is 2.01. The van der Waals surface area contributed by atoms with Gasteiger partial charge in [0, 0.05) is 16.9 Å². The largest absolute Gasteiger partial charge is 0.508 e. The van der Waals surface area contributed by atoms with Gasteiger partial charge in [0.05, 0.1) is 0 Å². The Balaban J connectivity index is 2.45. The van der Waals surface area contributed by atoms with Gasteiger partial charge in [0.2, 0.25) is 0 Å². The van der Waals surface area contributed by atoms with Gasteiger partial charge in [0.25, 0.3) is 0 Å². The molecule has 0 amide bonds. The summed E-state index contributed by atoms with van der Waals surface area (Å²) in [5.41, 5.74) is 1.14. The van der Waals surface area contributed by atoms with E-state index >= 15 is 0 Å². The number of alkyl halides is 1. The van der Waals surface area contributed by atoms with Crippen LogP contribution in [0.15, 0.2) is 24.3 Å². The van der Waals surface area contributed by atoms with Gasteiger partial charge in [-0.2, -0.15) is 11.8 Å². The lowest BCUT2D eigenvalue weighted by Crippen LogP contribution is -1.97. The molecule has 1 aromatic rings. The van der Waals surface area contributed by atoms with Gasteiger partial charge in [-0.15, -0.1) is 11.6 Å². The third kappa shape index (κ3) is 3.92. The van der Waals surface area contributed by atoms with Crippen molar-refractivity contribution in [2.24, 2.45) is 0 Å². The molecule has 0 bridgehead atoms. The van der Waals surface area contributed by atoms with Crippen LogP contribution in [0.5, 0.6) is 5.75 Å². The first kappa shape index (κ1) is 10.7. The fourth-order valence-corrected chi connectivity index (χ4v) is 1.94. The smallest absolute Gasteiger partial charge is 0.115 e. The van der Waals surface area contributed by atoms with Crippen LogP contribution in [0.25, 0.3) is 0 Å². The Morgan fingerprint density at radius 3 is 2.92 bits per heavy atom. The number of hydrogen-bond acceptors (Lipinski definition) is 2. The maximum Gasteiger partial charge on any atom is 0.115 e. The number of rotatable bonds is 4. The Labute approximate surface area is 88.1 Å². The van der Waals surface area contributed by atoms with Crippen LogP contribution in [0.2, 0.25) is 0 Å². The molecule has 0 aromatic heterocycles. The normalized spacial score (nSPS) is 12.8. The van der Waals surface area contributed by atoms with Crippen molar-refractivity contribution in [1.29, 1.82) is 0 Å². The average molecular weight is 217 g/mol. The number of phenols is 1. The van der Waals surface area contributed by atoms with Crippen LogP contribution in [-0.2, 0) is 5.75 Å². The lowest BCUT2D eigenvalue weighted by atomic mass is 10.2. The Hall–Kier alpha value is -0.340. The fraction of sp³-hybridized carbons (Fsp3) is 0.400. The van der Waals surface area contributed by atoms with Crippen molar-refractivity contribution in [3.63, 3.8) is 0 Å². The molecule has 0 aliphatic heterocycles. The highest BCUT2D eigenvalue weighted by molar-refractivity contribution is 7.99. The lowest BCUT2D eigenvalue weighted by Gasteiger charge is -2.06. The van der Waals surface area contributed by atoms with Crippen LogP contribution in [-0.4, -0.2) is 16.2 Å². The molecule has 1 unspecified atom stereocenters. The third-order valence-electron chi connectivity index (χ3n) is 1.66. The van der Waals surface area contributed by atoms with E-state index in [1.54, 1.807) is 23.9 Å². The summed E-state index contributed by atoms with van der Waals surface area (Å²) in [6.07, 6.45) is 0. The Bertz CT molecular complexity index is 265. The molecule has 0 saturated heterocycles. The van der Waals surface area contributed by atoms with Crippen molar-refractivity contribution in [2.45, 2.75) is 17.9 Å². The van der Waals surface area contributed by atoms with Crippen molar-refractivity contribution < 1.29 is 5.11 Å². The maximum absolute atomic E-state index is 9.20.